The molecule has 2 amide bonds. The van der Waals surface area contributed by atoms with Crippen LogP contribution in [-0.2, 0) is 4.74 Å². The van der Waals surface area contributed by atoms with Crippen LogP contribution in [0.2, 0.25) is 0 Å². The molecule has 0 N–H and O–H groups in total. The van der Waals surface area contributed by atoms with Crippen LogP contribution >= 0.6 is 0 Å². The van der Waals surface area contributed by atoms with Gasteiger partial charge in [0.1, 0.15) is 0 Å². The molecule has 0 spiro atoms. The lowest BCUT2D eigenvalue weighted by molar-refractivity contribution is 0.0599. The predicted molar refractivity (Wildman–Crippen MR) is 58.8 cm³/mol. The first-order chi connectivity index (χ1) is 8.10. The molecule has 0 atom stereocenters. The maximum Gasteiger partial charge on any atom is 0.337 e. The summed E-state index contributed by atoms with van der Waals surface area (Å²) in [5.74, 6) is -1.20. The van der Waals surface area contributed by atoms with Crippen molar-refractivity contribution < 1.29 is 19.1 Å². The molecule has 0 bridgehead atoms. The second-order valence-electron chi connectivity index (χ2n) is 3.61. The summed E-state index contributed by atoms with van der Waals surface area (Å²) >= 11 is 0. The van der Waals surface area contributed by atoms with E-state index in [9.17, 15) is 14.4 Å². The number of hydrogen-bond acceptors (Lipinski definition) is 4. The number of carbonyl (C=O) groups is 3. The van der Waals surface area contributed by atoms with E-state index in [2.05, 4.69) is 4.74 Å². The zero-order chi connectivity index (χ0) is 12.6. The molecular weight excluding hydrogens is 222 g/mol. The van der Waals surface area contributed by atoms with Crippen molar-refractivity contribution in [3.05, 3.63) is 34.9 Å². The van der Waals surface area contributed by atoms with Crippen molar-refractivity contribution in [3.8, 4) is 0 Å². The van der Waals surface area contributed by atoms with Gasteiger partial charge in [-0.2, -0.15) is 0 Å². The molecular formula is C12H11NO4. The van der Waals surface area contributed by atoms with E-state index in [-0.39, 0.29) is 22.9 Å². The van der Waals surface area contributed by atoms with Crippen LogP contribution in [0.3, 0.4) is 0 Å². The highest BCUT2D eigenvalue weighted by Gasteiger charge is 2.34. The van der Waals surface area contributed by atoms with Crippen molar-refractivity contribution in [2.45, 2.75) is 6.92 Å². The smallest absolute Gasteiger partial charge is 0.337 e. The third-order valence-corrected chi connectivity index (χ3v) is 2.71. The minimum absolute atomic E-state index is 0.264. The number of benzene rings is 1. The summed E-state index contributed by atoms with van der Waals surface area (Å²) in [6.07, 6.45) is 0. The largest absolute Gasteiger partial charge is 0.465 e. The van der Waals surface area contributed by atoms with Gasteiger partial charge in [0, 0.05) is 6.54 Å². The molecule has 1 heterocycles. The van der Waals surface area contributed by atoms with Crippen LogP contribution in [0.1, 0.15) is 38.0 Å². The maximum absolute atomic E-state index is 11.9. The van der Waals surface area contributed by atoms with Crippen LogP contribution < -0.4 is 0 Å². The normalized spacial score (nSPS) is 13.9. The number of methoxy groups -OCH3 is 1. The Balaban J connectivity index is 2.50. The maximum atomic E-state index is 11.9. The molecule has 1 aromatic rings. The number of ether oxygens (including phenoxy) is 1. The van der Waals surface area contributed by atoms with Crippen LogP contribution in [0.15, 0.2) is 18.2 Å². The SMILES string of the molecule is CCN1C(=O)c2ccc(C(=O)OC)cc2C1=O. The van der Waals surface area contributed by atoms with Gasteiger partial charge >= 0.3 is 5.97 Å². The van der Waals surface area contributed by atoms with Crippen LogP contribution in [-0.4, -0.2) is 36.3 Å². The van der Waals surface area contributed by atoms with E-state index in [0.717, 1.165) is 4.90 Å². The van der Waals surface area contributed by atoms with Gasteiger partial charge in [0.25, 0.3) is 11.8 Å². The molecule has 5 nitrogen and oxygen atoms in total. The average molecular weight is 233 g/mol. The number of imide groups is 1. The first-order valence-corrected chi connectivity index (χ1v) is 5.18. The summed E-state index contributed by atoms with van der Waals surface area (Å²) in [6, 6.07) is 4.36. The van der Waals surface area contributed by atoms with E-state index < -0.39 is 5.97 Å². The second-order valence-corrected chi connectivity index (χ2v) is 3.61. The Morgan fingerprint density at radius 1 is 1.24 bits per heavy atom. The minimum atomic E-state index is -0.525. The lowest BCUT2D eigenvalue weighted by Gasteiger charge is -2.08. The summed E-state index contributed by atoms with van der Waals surface area (Å²) in [5.41, 5.74) is 0.870. The second kappa shape index (κ2) is 4.01. The van der Waals surface area contributed by atoms with E-state index in [1.54, 1.807) is 6.92 Å². The molecule has 17 heavy (non-hydrogen) atoms. The molecule has 1 aliphatic heterocycles. The Bertz CT molecular complexity index is 521. The monoisotopic (exact) mass is 233 g/mol. The highest BCUT2D eigenvalue weighted by atomic mass is 16.5. The molecule has 88 valence electrons. The van der Waals surface area contributed by atoms with Crippen LogP contribution in [0.4, 0.5) is 0 Å². The molecule has 1 aliphatic rings. The molecule has 0 fully saturated rings. The Labute approximate surface area is 98.0 Å². The molecule has 0 aliphatic carbocycles. The van der Waals surface area contributed by atoms with Crippen molar-refractivity contribution >= 4 is 17.8 Å². The van der Waals surface area contributed by atoms with Gasteiger partial charge in [-0.05, 0) is 25.1 Å². The van der Waals surface area contributed by atoms with E-state index in [1.165, 1.54) is 25.3 Å². The standard InChI is InChI=1S/C12H11NO4/c1-3-13-10(14)8-5-4-7(12(16)17-2)6-9(8)11(13)15/h4-6H,3H2,1-2H3. The quantitative estimate of drug-likeness (QED) is 0.566. The lowest BCUT2D eigenvalue weighted by Crippen LogP contribution is -2.29. The summed E-state index contributed by atoms with van der Waals surface area (Å²) in [6.45, 7) is 2.04. The first kappa shape index (κ1) is 11.3. The third kappa shape index (κ3) is 1.60. The Morgan fingerprint density at radius 3 is 2.47 bits per heavy atom. The number of esters is 1. The van der Waals surface area contributed by atoms with Gasteiger partial charge in [0.2, 0.25) is 0 Å². The van der Waals surface area contributed by atoms with Crippen LogP contribution in [0.25, 0.3) is 0 Å². The Hall–Kier alpha value is -2.17. The third-order valence-electron chi connectivity index (χ3n) is 2.71. The summed E-state index contributed by atoms with van der Waals surface area (Å²) in [4.78, 5) is 36.1. The fourth-order valence-electron chi connectivity index (χ4n) is 1.82. The average Bonchev–Trinajstić information content (AvgIpc) is 2.60. The summed E-state index contributed by atoms with van der Waals surface area (Å²) < 4.78 is 4.56. The highest BCUT2D eigenvalue weighted by molar-refractivity contribution is 6.21. The predicted octanol–water partition coefficient (Wildman–Crippen LogP) is 1.09. The van der Waals surface area contributed by atoms with E-state index in [4.69, 9.17) is 0 Å². The lowest BCUT2D eigenvalue weighted by atomic mass is 10.1. The van der Waals surface area contributed by atoms with Gasteiger partial charge in [0.15, 0.2) is 0 Å². The fraction of sp³-hybridized carbons (Fsp3) is 0.250. The van der Waals surface area contributed by atoms with Gasteiger partial charge in [0.05, 0.1) is 23.8 Å². The number of rotatable bonds is 2. The van der Waals surface area contributed by atoms with Crippen molar-refractivity contribution in [1.82, 2.24) is 4.90 Å². The zero-order valence-corrected chi connectivity index (χ0v) is 9.52. The molecule has 0 radical (unpaired) electrons. The molecule has 1 aromatic carbocycles. The minimum Gasteiger partial charge on any atom is -0.465 e. The van der Waals surface area contributed by atoms with E-state index in [0.29, 0.717) is 12.1 Å². The van der Waals surface area contributed by atoms with Gasteiger partial charge in [-0.15, -0.1) is 0 Å². The number of carbonyl (C=O) groups excluding carboxylic acids is 3. The van der Waals surface area contributed by atoms with Gasteiger partial charge < -0.3 is 4.74 Å². The van der Waals surface area contributed by atoms with Crippen LogP contribution in [0, 0.1) is 0 Å². The van der Waals surface area contributed by atoms with Crippen LogP contribution in [0.5, 0.6) is 0 Å². The van der Waals surface area contributed by atoms with Gasteiger partial charge in [-0.25, -0.2) is 4.79 Å². The number of amides is 2. The molecule has 2 rings (SSSR count). The number of nitrogens with zero attached hydrogens (tertiary/aromatic N) is 1. The highest BCUT2D eigenvalue weighted by Crippen LogP contribution is 2.23. The van der Waals surface area contributed by atoms with Crippen molar-refractivity contribution in [2.75, 3.05) is 13.7 Å². The number of fused-ring (bicyclic) bond motifs is 1. The van der Waals surface area contributed by atoms with Gasteiger partial charge in [-0.3, -0.25) is 14.5 Å². The molecule has 5 heteroatoms. The topological polar surface area (TPSA) is 63.7 Å². The van der Waals surface area contributed by atoms with Crippen molar-refractivity contribution in [1.29, 1.82) is 0 Å². The van der Waals surface area contributed by atoms with E-state index >= 15 is 0 Å². The first-order valence-electron chi connectivity index (χ1n) is 5.18. The summed E-state index contributed by atoms with van der Waals surface area (Å²) in [5, 5.41) is 0. The van der Waals surface area contributed by atoms with E-state index in [1.807, 2.05) is 0 Å². The summed E-state index contributed by atoms with van der Waals surface area (Å²) in [7, 11) is 1.26. The van der Waals surface area contributed by atoms with Crippen molar-refractivity contribution in [2.24, 2.45) is 0 Å². The molecule has 0 unspecified atom stereocenters. The van der Waals surface area contributed by atoms with Crippen molar-refractivity contribution in [3.63, 3.8) is 0 Å². The Morgan fingerprint density at radius 2 is 1.88 bits per heavy atom. The van der Waals surface area contributed by atoms with Gasteiger partial charge in [-0.1, -0.05) is 0 Å². The Kier molecular flexibility index (Phi) is 2.67. The number of hydrogen-bond donors (Lipinski definition) is 0. The molecule has 0 saturated heterocycles. The molecule has 0 saturated carbocycles. The fourth-order valence-corrected chi connectivity index (χ4v) is 1.82. The molecule has 0 aromatic heterocycles. The zero-order valence-electron chi connectivity index (χ0n) is 9.52.